The first-order chi connectivity index (χ1) is 11.4. The van der Waals surface area contributed by atoms with Crippen LogP contribution >= 0.6 is 0 Å². The molecule has 2 amide bonds. The molecule has 2 rings (SSSR count). The molecule has 0 spiro atoms. The average Bonchev–Trinajstić information content (AvgIpc) is 2.57. The SMILES string of the molecule is COc1cccc(C(CNC(=O)C2=NN(C)C(=O)CC2)N(C)C)c1. The topological polar surface area (TPSA) is 74.2 Å². The van der Waals surface area contributed by atoms with Crippen molar-refractivity contribution in [3.05, 3.63) is 29.8 Å². The Bertz CT molecular complexity index is 642. The summed E-state index contributed by atoms with van der Waals surface area (Å²) in [5, 5.41) is 8.18. The third-order valence-corrected chi connectivity index (χ3v) is 4.03. The minimum absolute atomic E-state index is 0.00704. The van der Waals surface area contributed by atoms with E-state index >= 15 is 0 Å². The molecule has 1 heterocycles. The molecule has 1 atom stereocenters. The van der Waals surface area contributed by atoms with E-state index in [4.69, 9.17) is 4.74 Å². The van der Waals surface area contributed by atoms with E-state index in [0.717, 1.165) is 11.3 Å². The van der Waals surface area contributed by atoms with Crippen LogP contribution in [-0.4, -0.2) is 62.2 Å². The van der Waals surface area contributed by atoms with Crippen LogP contribution < -0.4 is 10.1 Å². The Morgan fingerprint density at radius 2 is 2.17 bits per heavy atom. The van der Waals surface area contributed by atoms with Crippen LogP contribution in [0, 0.1) is 0 Å². The van der Waals surface area contributed by atoms with Crippen LogP contribution in [0.3, 0.4) is 0 Å². The predicted molar refractivity (Wildman–Crippen MR) is 91.9 cm³/mol. The van der Waals surface area contributed by atoms with Crippen molar-refractivity contribution in [3.63, 3.8) is 0 Å². The molecule has 0 fully saturated rings. The van der Waals surface area contributed by atoms with Gasteiger partial charge in [0.1, 0.15) is 11.5 Å². The number of nitrogens with zero attached hydrogens (tertiary/aromatic N) is 3. The quantitative estimate of drug-likeness (QED) is 0.844. The second kappa shape index (κ2) is 7.92. The van der Waals surface area contributed by atoms with E-state index in [9.17, 15) is 9.59 Å². The van der Waals surface area contributed by atoms with E-state index < -0.39 is 0 Å². The van der Waals surface area contributed by atoms with Crippen molar-refractivity contribution in [2.75, 3.05) is 34.8 Å². The fraction of sp³-hybridized carbons (Fsp3) is 0.471. The number of benzene rings is 1. The number of likely N-dealkylation sites (N-methyl/N-ethyl adjacent to an activating group) is 1. The number of hydrazone groups is 1. The fourth-order valence-corrected chi connectivity index (χ4v) is 2.57. The van der Waals surface area contributed by atoms with Gasteiger partial charge in [-0.25, -0.2) is 5.01 Å². The van der Waals surface area contributed by atoms with Gasteiger partial charge in [-0.2, -0.15) is 5.10 Å². The molecule has 130 valence electrons. The highest BCUT2D eigenvalue weighted by Gasteiger charge is 2.23. The zero-order valence-electron chi connectivity index (χ0n) is 14.6. The zero-order valence-corrected chi connectivity index (χ0v) is 14.6. The molecule has 0 radical (unpaired) electrons. The summed E-state index contributed by atoms with van der Waals surface area (Å²) in [5.41, 5.74) is 1.44. The Morgan fingerprint density at radius 1 is 1.42 bits per heavy atom. The summed E-state index contributed by atoms with van der Waals surface area (Å²) in [6, 6.07) is 7.79. The van der Waals surface area contributed by atoms with Crippen LogP contribution in [0.25, 0.3) is 0 Å². The molecular formula is C17H24N4O3. The molecule has 1 unspecified atom stereocenters. The molecule has 0 aromatic heterocycles. The summed E-state index contributed by atoms with van der Waals surface area (Å²) in [6.45, 7) is 0.440. The van der Waals surface area contributed by atoms with E-state index in [2.05, 4.69) is 10.4 Å². The maximum atomic E-state index is 12.3. The third kappa shape index (κ3) is 4.32. The molecular weight excluding hydrogens is 308 g/mol. The Balaban J connectivity index is 2.05. The Morgan fingerprint density at radius 3 is 2.79 bits per heavy atom. The van der Waals surface area contributed by atoms with Crippen LogP contribution in [0.15, 0.2) is 29.4 Å². The lowest BCUT2D eigenvalue weighted by atomic mass is 10.1. The lowest BCUT2D eigenvalue weighted by Gasteiger charge is -2.26. The monoisotopic (exact) mass is 332 g/mol. The standard InChI is InChI=1S/C17H24N4O3/c1-20(2)15(12-6-5-7-13(10-12)24-4)11-18-17(23)14-8-9-16(22)21(3)19-14/h5-7,10,15H,8-9,11H2,1-4H3,(H,18,23). The molecule has 0 bridgehead atoms. The molecule has 1 aromatic rings. The van der Waals surface area contributed by atoms with Gasteiger partial charge in [0.25, 0.3) is 5.91 Å². The van der Waals surface area contributed by atoms with E-state index in [1.165, 1.54) is 5.01 Å². The highest BCUT2D eigenvalue weighted by atomic mass is 16.5. The molecule has 24 heavy (non-hydrogen) atoms. The van der Waals surface area contributed by atoms with Gasteiger partial charge in [-0.1, -0.05) is 12.1 Å². The largest absolute Gasteiger partial charge is 0.497 e. The van der Waals surface area contributed by atoms with Gasteiger partial charge in [0.05, 0.1) is 13.2 Å². The lowest BCUT2D eigenvalue weighted by Crippen LogP contribution is -2.41. The molecule has 1 aliphatic heterocycles. The number of amides is 2. The number of rotatable bonds is 6. The number of carbonyl (C=O) groups excluding carboxylic acids is 2. The van der Waals surface area contributed by atoms with Crippen LogP contribution in [-0.2, 0) is 9.59 Å². The summed E-state index contributed by atoms with van der Waals surface area (Å²) in [6.07, 6.45) is 0.691. The molecule has 0 aliphatic carbocycles. The highest BCUT2D eigenvalue weighted by Crippen LogP contribution is 2.22. The third-order valence-electron chi connectivity index (χ3n) is 4.03. The number of carbonyl (C=O) groups is 2. The van der Waals surface area contributed by atoms with Crippen molar-refractivity contribution in [3.8, 4) is 5.75 Å². The molecule has 1 N–H and O–H groups in total. The molecule has 7 nitrogen and oxygen atoms in total. The van der Waals surface area contributed by atoms with Gasteiger partial charge >= 0.3 is 0 Å². The smallest absolute Gasteiger partial charge is 0.267 e. The van der Waals surface area contributed by atoms with Crippen LogP contribution in [0.1, 0.15) is 24.4 Å². The van der Waals surface area contributed by atoms with Gasteiger partial charge in [-0.15, -0.1) is 0 Å². The van der Waals surface area contributed by atoms with Crippen molar-refractivity contribution in [1.82, 2.24) is 15.2 Å². The van der Waals surface area contributed by atoms with Crippen molar-refractivity contribution < 1.29 is 14.3 Å². The minimum atomic E-state index is -0.232. The van der Waals surface area contributed by atoms with Crippen molar-refractivity contribution in [2.24, 2.45) is 5.10 Å². The van der Waals surface area contributed by atoms with Crippen LogP contribution in [0.4, 0.5) is 0 Å². The van der Waals surface area contributed by atoms with E-state index in [0.29, 0.717) is 25.1 Å². The summed E-state index contributed by atoms with van der Waals surface area (Å²) in [5.74, 6) is 0.473. The molecule has 0 saturated heterocycles. The summed E-state index contributed by atoms with van der Waals surface area (Å²) < 4.78 is 5.26. The number of methoxy groups -OCH3 is 1. The Labute approximate surface area is 142 Å². The molecule has 0 saturated carbocycles. The summed E-state index contributed by atoms with van der Waals surface area (Å²) >= 11 is 0. The number of nitrogens with one attached hydrogen (secondary N) is 1. The fourth-order valence-electron chi connectivity index (χ4n) is 2.57. The average molecular weight is 332 g/mol. The first-order valence-corrected chi connectivity index (χ1v) is 7.85. The van der Waals surface area contributed by atoms with Crippen molar-refractivity contribution in [1.29, 1.82) is 0 Å². The molecule has 7 heteroatoms. The molecule has 1 aliphatic rings. The zero-order chi connectivity index (χ0) is 17.7. The normalized spacial score (nSPS) is 16.0. The van der Waals surface area contributed by atoms with E-state index in [1.54, 1.807) is 14.2 Å². The van der Waals surface area contributed by atoms with Crippen molar-refractivity contribution in [2.45, 2.75) is 18.9 Å². The number of hydrogen-bond acceptors (Lipinski definition) is 5. The molecule has 1 aromatic carbocycles. The second-order valence-corrected chi connectivity index (χ2v) is 5.93. The van der Waals surface area contributed by atoms with Crippen molar-refractivity contribution >= 4 is 17.5 Å². The van der Waals surface area contributed by atoms with Gasteiger partial charge < -0.3 is 15.0 Å². The number of ether oxygens (including phenoxy) is 1. The van der Waals surface area contributed by atoms with Gasteiger partial charge in [0.15, 0.2) is 0 Å². The lowest BCUT2D eigenvalue weighted by molar-refractivity contribution is -0.130. The Kier molecular flexibility index (Phi) is 5.92. The highest BCUT2D eigenvalue weighted by molar-refractivity contribution is 6.39. The van der Waals surface area contributed by atoms with E-state index in [1.807, 2.05) is 43.3 Å². The van der Waals surface area contributed by atoms with E-state index in [-0.39, 0.29) is 17.9 Å². The maximum Gasteiger partial charge on any atom is 0.267 e. The summed E-state index contributed by atoms with van der Waals surface area (Å²) in [4.78, 5) is 25.8. The predicted octanol–water partition coefficient (Wildman–Crippen LogP) is 1.02. The number of hydrogen-bond donors (Lipinski definition) is 1. The van der Waals surface area contributed by atoms with Gasteiger partial charge in [0, 0.05) is 26.4 Å². The summed E-state index contributed by atoms with van der Waals surface area (Å²) in [7, 11) is 7.11. The first kappa shape index (κ1) is 17.9. The minimum Gasteiger partial charge on any atom is -0.497 e. The maximum absolute atomic E-state index is 12.3. The van der Waals surface area contributed by atoms with Gasteiger partial charge in [-0.05, 0) is 31.8 Å². The van der Waals surface area contributed by atoms with Gasteiger partial charge in [0.2, 0.25) is 5.91 Å². The van der Waals surface area contributed by atoms with Crippen LogP contribution in [0.2, 0.25) is 0 Å². The van der Waals surface area contributed by atoms with Gasteiger partial charge in [-0.3, -0.25) is 9.59 Å². The first-order valence-electron chi connectivity index (χ1n) is 7.85. The Hall–Kier alpha value is -2.41. The second-order valence-electron chi connectivity index (χ2n) is 5.93. The van der Waals surface area contributed by atoms with Crippen LogP contribution in [0.5, 0.6) is 5.75 Å².